The third-order valence-corrected chi connectivity index (χ3v) is 3.16. The van der Waals surface area contributed by atoms with Gasteiger partial charge in [-0.1, -0.05) is 26.0 Å². The van der Waals surface area contributed by atoms with Gasteiger partial charge in [0.25, 0.3) is 0 Å². The number of thioether (sulfide) groups is 1. The molecule has 0 fully saturated rings. The number of hydrogen-bond acceptors (Lipinski definition) is 3. The molecule has 0 saturated carbocycles. The van der Waals surface area contributed by atoms with Gasteiger partial charge in [0, 0.05) is 11.4 Å². The lowest BCUT2D eigenvalue weighted by Gasteiger charge is -2.18. The zero-order valence-electron chi connectivity index (χ0n) is 11.2. The lowest BCUT2D eigenvalue weighted by atomic mass is 10.2. The topological polar surface area (TPSA) is 21.3 Å². The van der Waals surface area contributed by atoms with Crippen molar-refractivity contribution in [3.05, 3.63) is 24.3 Å². The Morgan fingerprint density at radius 1 is 1.18 bits per heavy atom. The fourth-order valence-electron chi connectivity index (χ4n) is 1.55. The summed E-state index contributed by atoms with van der Waals surface area (Å²) >= 11 is 1.72. The summed E-state index contributed by atoms with van der Waals surface area (Å²) in [5.41, 5.74) is 0. The fraction of sp³-hybridized carbons (Fsp3) is 0.571. The van der Waals surface area contributed by atoms with Gasteiger partial charge in [0.1, 0.15) is 11.9 Å². The Hall–Kier alpha value is -0.670. The van der Waals surface area contributed by atoms with Gasteiger partial charge in [-0.3, -0.25) is 0 Å². The molecule has 96 valence electrons. The van der Waals surface area contributed by atoms with E-state index in [2.05, 4.69) is 38.4 Å². The van der Waals surface area contributed by atoms with E-state index in [1.807, 2.05) is 18.2 Å². The number of para-hydroxylation sites is 1. The van der Waals surface area contributed by atoms with Crippen molar-refractivity contribution in [2.24, 2.45) is 5.92 Å². The molecule has 0 radical (unpaired) electrons. The van der Waals surface area contributed by atoms with Crippen LogP contribution in [-0.2, 0) is 0 Å². The molecule has 0 aliphatic rings. The van der Waals surface area contributed by atoms with E-state index in [1.54, 1.807) is 11.8 Å². The molecular formula is C14H23NOS. The SMILES string of the molecule is CSc1ccccc1OC(C)CNCC(C)C. The molecule has 0 aromatic heterocycles. The quantitative estimate of drug-likeness (QED) is 0.752. The summed E-state index contributed by atoms with van der Waals surface area (Å²) in [6, 6.07) is 8.18. The highest BCUT2D eigenvalue weighted by Crippen LogP contribution is 2.27. The van der Waals surface area contributed by atoms with Crippen molar-refractivity contribution in [2.75, 3.05) is 19.3 Å². The molecule has 1 atom stereocenters. The molecular weight excluding hydrogens is 230 g/mol. The van der Waals surface area contributed by atoms with Crippen LogP contribution in [0.25, 0.3) is 0 Å². The lowest BCUT2D eigenvalue weighted by molar-refractivity contribution is 0.210. The van der Waals surface area contributed by atoms with Crippen LogP contribution < -0.4 is 10.1 Å². The van der Waals surface area contributed by atoms with Crippen LogP contribution in [0, 0.1) is 5.92 Å². The van der Waals surface area contributed by atoms with E-state index >= 15 is 0 Å². The van der Waals surface area contributed by atoms with Crippen LogP contribution >= 0.6 is 11.8 Å². The maximum absolute atomic E-state index is 5.93. The van der Waals surface area contributed by atoms with Crippen molar-refractivity contribution in [1.82, 2.24) is 5.32 Å². The molecule has 0 saturated heterocycles. The molecule has 0 aliphatic heterocycles. The number of ether oxygens (including phenoxy) is 1. The van der Waals surface area contributed by atoms with E-state index in [-0.39, 0.29) is 6.10 Å². The Kier molecular flexibility index (Phi) is 6.45. The maximum atomic E-state index is 5.93. The molecule has 3 heteroatoms. The van der Waals surface area contributed by atoms with Crippen molar-refractivity contribution < 1.29 is 4.74 Å². The fourth-order valence-corrected chi connectivity index (χ4v) is 2.08. The predicted molar refractivity (Wildman–Crippen MR) is 76.0 cm³/mol. The maximum Gasteiger partial charge on any atom is 0.133 e. The van der Waals surface area contributed by atoms with Gasteiger partial charge in [0.15, 0.2) is 0 Å². The van der Waals surface area contributed by atoms with Crippen LogP contribution in [0.4, 0.5) is 0 Å². The Morgan fingerprint density at radius 2 is 1.88 bits per heavy atom. The minimum absolute atomic E-state index is 0.196. The first-order valence-electron chi connectivity index (χ1n) is 6.14. The van der Waals surface area contributed by atoms with Gasteiger partial charge in [-0.05, 0) is 37.8 Å². The summed E-state index contributed by atoms with van der Waals surface area (Å²) < 4.78 is 5.93. The highest BCUT2D eigenvalue weighted by atomic mass is 32.2. The van der Waals surface area contributed by atoms with Gasteiger partial charge < -0.3 is 10.1 Å². The van der Waals surface area contributed by atoms with Gasteiger partial charge in [-0.25, -0.2) is 0 Å². The average Bonchev–Trinajstić information content (AvgIpc) is 2.29. The van der Waals surface area contributed by atoms with Gasteiger partial charge in [0.2, 0.25) is 0 Å². The molecule has 1 aromatic carbocycles. The second-order valence-corrected chi connectivity index (χ2v) is 5.48. The average molecular weight is 253 g/mol. The molecule has 0 aliphatic carbocycles. The van der Waals surface area contributed by atoms with Gasteiger partial charge >= 0.3 is 0 Å². The van der Waals surface area contributed by atoms with Crippen LogP contribution in [-0.4, -0.2) is 25.4 Å². The Morgan fingerprint density at radius 3 is 2.53 bits per heavy atom. The second kappa shape index (κ2) is 7.62. The van der Waals surface area contributed by atoms with Crippen LogP contribution in [0.15, 0.2) is 29.2 Å². The van der Waals surface area contributed by atoms with E-state index in [9.17, 15) is 0 Å². The van der Waals surface area contributed by atoms with Gasteiger partial charge in [0.05, 0.1) is 0 Å². The highest BCUT2D eigenvalue weighted by Gasteiger charge is 2.07. The summed E-state index contributed by atoms with van der Waals surface area (Å²) in [6.07, 6.45) is 2.27. The minimum atomic E-state index is 0.196. The standard InChI is InChI=1S/C14H23NOS/c1-11(2)9-15-10-12(3)16-13-7-5-6-8-14(13)17-4/h5-8,11-12,15H,9-10H2,1-4H3. The van der Waals surface area contributed by atoms with Crippen molar-refractivity contribution in [3.8, 4) is 5.75 Å². The van der Waals surface area contributed by atoms with Crippen LogP contribution in [0.3, 0.4) is 0 Å². The summed E-state index contributed by atoms with van der Waals surface area (Å²) in [6.45, 7) is 8.45. The Bertz CT molecular complexity index is 328. The lowest BCUT2D eigenvalue weighted by Crippen LogP contribution is -2.31. The van der Waals surface area contributed by atoms with E-state index in [0.717, 1.165) is 18.8 Å². The van der Waals surface area contributed by atoms with Crippen molar-refractivity contribution in [1.29, 1.82) is 0 Å². The number of rotatable bonds is 7. The molecule has 1 rings (SSSR count). The van der Waals surface area contributed by atoms with Gasteiger partial charge in [-0.2, -0.15) is 0 Å². The molecule has 1 unspecified atom stereocenters. The predicted octanol–water partition coefficient (Wildman–Crippen LogP) is 3.42. The molecule has 1 aromatic rings. The zero-order chi connectivity index (χ0) is 12.7. The molecule has 17 heavy (non-hydrogen) atoms. The number of benzene rings is 1. The molecule has 2 nitrogen and oxygen atoms in total. The molecule has 1 N–H and O–H groups in total. The third-order valence-electron chi connectivity index (χ3n) is 2.38. The summed E-state index contributed by atoms with van der Waals surface area (Å²) in [5, 5.41) is 3.41. The van der Waals surface area contributed by atoms with Crippen LogP contribution in [0.1, 0.15) is 20.8 Å². The monoisotopic (exact) mass is 253 g/mol. The third kappa shape index (κ3) is 5.46. The van der Waals surface area contributed by atoms with E-state index in [0.29, 0.717) is 5.92 Å². The van der Waals surface area contributed by atoms with Crippen molar-refractivity contribution in [2.45, 2.75) is 31.8 Å². The van der Waals surface area contributed by atoms with E-state index in [4.69, 9.17) is 4.74 Å². The van der Waals surface area contributed by atoms with E-state index < -0.39 is 0 Å². The highest BCUT2D eigenvalue weighted by molar-refractivity contribution is 7.98. The van der Waals surface area contributed by atoms with Gasteiger partial charge in [-0.15, -0.1) is 11.8 Å². The first kappa shape index (κ1) is 14.4. The van der Waals surface area contributed by atoms with Crippen LogP contribution in [0.5, 0.6) is 5.75 Å². The van der Waals surface area contributed by atoms with Crippen molar-refractivity contribution >= 4 is 11.8 Å². The largest absolute Gasteiger partial charge is 0.488 e. The van der Waals surface area contributed by atoms with E-state index in [1.165, 1.54) is 4.90 Å². The van der Waals surface area contributed by atoms with Crippen molar-refractivity contribution in [3.63, 3.8) is 0 Å². The normalized spacial score (nSPS) is 12.8. The Balaban J connectivity index is 2.41. The molecule has 0 heterocycles. The number of hydrogen-bond donors (Lipinski definition) is 1. The molecule has 0 spiro atoms. The summed E-state index contributed by atoms with van der Waals surface area (Å²) in [4.78, 5) is 1.20. The smallest absolute Gasteiger partial charge is 0.133 e. The molecule has 0 bridgehead atoms. The first-order valence-corrected chi connectivity index (χ1v) is 7.36. The zero-order valence-corrected chi connectivity index (χ0v) is 12.0. The number of nitrogens with one attached hydrogen (secondary N) is 1. The molecule has 0 amide bonds. The Labute approximate surface area is 109 Å². The summed E-state index contributed by atoms with van der Waals surface area (Å²) in [5.74, 6) is 1.67. The second-order valence-electron chi connectivity index (χ2n) is 4.63. The summed E-state index contributed by atoms with van der Waals surface area (Å²) in [7, 11) is 0. The minimum Gasteiger partial charge on any atom is -0.488 e. The first-order chi connectivity index (χ1) is 8.13. The van der Waals surface area contributed by atoms with Crippen LogP contribution in [0.2, 0.25) is 0 Å².